The molecule has 0 saturated carbocycles. The lowest BCUT2D eigenvalue weighted by Gasteiger charge is -2.13. The van der Waals surface area contributed by atoms with Crippen molar-refractivity contribution < 1.29 is 0 Å². The van der Waals surface area contributed by atoms with Crippen LogP contribution < -0.4 is 31.1 Å². The number of fused-ring (bicyclic) bond motifs is 4. The lowest BCUT2D eigenvalue weighted by molar-refractivity contribution is 0.814. The monoisotopic (exact) mass is 537 g/mol. The van der Waals surface area contributed by atoms with Crippen molar-refractivity contribution in [3.63, 3.8) is 0 Å². The van der Waals surface area contributed by atoms with E-state index in [2.05, 4.69) is 108 Å². The Labute approximate surface area is 232 Å². The minimum Gasteiger partial charge on any atom is -0.316 e. The summed E-state index contributed by atoms with van der Waals surface area (Å²) in [6, 6.07) is 28.2. The molecule has 3 aliphatic rings. The molecule has 2 heterocycles. The van der Waals surface area contributed by atoms with Gasteiger partial charge < -0.3 is 10.6 Å². The molecule has 0 fully saturated rings. The van der Waals surface area contributed by atoms with Crippen LogP contribution in [0.3, 0.4) is 0 Å². The molecule has 2 aliphatic heterocycles. The van der Waals surface area contributed by atoms with E-state index in [4.69, 9.17) is 0 Å². The second-order valence-electron chi connectivity index (χ2n) is 9.61. The van der Waals surface area contributed by atoms with Crippen LogP contribution in [0.4, 0.5) is 5.69 Å². The van der Waals surface area contributed by atoms with E-state index < -0.39 is 0 Å². The van der Waals surface area contributed by atoms with Gasteiger partial charge in [0.05, 0.1) is 11.0 Å². The lowest BCUT2D eigenvalue weighted by Crippen LogP contribution is -2.20. The maximum Gasteiger partial charge on any atom is 0.200 e. The molecule has 38 heavy (non-hydrogen) atoms. The predicted molar refractivity (Wildman–Crippen MR) is 164 cm³/mol. The average molecular weight is 538 g/mol. The standard InChI is InChI=1S/C17H19N2S.C15H14N2S/c1-18-11-12-4-5-13-9-14-6-7-15(19(2)3)10-17(14)20-16(13)8-12;1-10-3-5-12-14(7-10)18-15-8-11(9-16-2)4-6-13(15)17-12/h4-10,18H,11H2,1-3H3;3-8,16H,1,9H2,2H3/q+1;. The Morgan fingerprint density at radius 2 is 1.55 bits per heavy atom. The maximum absolute atomic E-state index is 4.68. The van der Waals surface area contributed by atoms with Crippen LogP contribution in [0.1, 0.15) is 11.1 Å². The fourth-order valence-corrected chi connectivity index (χ4v) is 6.63. The Kier molecular flexibility index (Phi) is 8.05. The van der Waals surface area contributed by atoms with Crippen molar-refractivity contribution in [1.82, 2.24) is 15.2 Å². The first kappa shape index (κ1) is 26.3. The Hall–Kier alpha value is -3.29. The minimum atomic E-state index is 0.885. The Balaban J connectivity index is 0.000000156. The maximum atomic E-state index is 4.68. The molecule has 0 aromatic heterocycles. The second-order valence-corrected chi connectivity index (χ2v) is 11.8. The highest BCUT2D eigenvalue weighted by atomic mass is 32.2. The molecular weight excluding hydrogens is 505 g/mol. The van der Waals surface area contributed by atoms with E-state index in [0.29, 0.717) is 0 Å². The van der Waals surface area contributed by atoms with Crippen LogP contribution in [-0.2, 0) is 13.1 Å². The summed E-state index contributed by atoms with van der Waals surface area (Å²) in [5.41, 5.74) is 4.99. The number of nitrogens with zero attached hydrogens (tertiary/aromatic N) is 2. The largest absolute Gasteiger partial charge is 0.316 e. The highest BCUT2D eigenvalue weighted by molar-refractivity contribution is 7.99. The number of hydrogen-bond acceptors (Lipinski definition) is 5. The summed E-state index contributed by atoms with van der Waals surface area (Å²) in [6.07, 6.45) is 0. The van der Waals surface area contributed by atoms with Gasteiger partial charge in [-0.2, -0.15) is 0 Å². The molecule has 0 saturated heterocycles. The van der Waals surface area contributed by atoms with Gasteiger partial charge in [0.1, 0.15) is 14.1 Å². The van der Waals surface area contributed by atoms with Gasteiger partial charge in [0.25, 0.3) is 0 Å². The molecule has 6 heteroatoms. The van der Waals surface area contributed by atoms with E-state index in [1.54, 1.807) is 11.8 Å². The zero-order valence-electron chi connectivity index (χ0n) is 22.3. The van der Waals surface area contributed by atoms with E-state index in [9.17, 15) is 0 Å². The van der Waals surface area contributed by atoms with E-state index >= 15 is 0 Å². The molecule has 1 aliphatic carbocycles. The molecule has 0 spiro atoms. The summed E-state index contributed by atoms with van der Waals surface area (Å²) >= 11 is 3.64. The predicted octanol–water partition coefficient (Wildman–Crippen LogP) is 4.99. The number of rotatable bonds is 4. The molecule has 2 N–H and O–H groups in total. The first-order valence-electron chi connectivity index (χ1n) is 12.7. The van der Waals surface area contributed by atoms with Gasteiger partial charge >= 0.3 is 0 Å². The normalized spacial score (nSPS) is 11.8. The van der Waals surface area contributed by atoms with Gasteiger partial charge in [-0.3, -0.25) is 0 Å². The average Bonchev–Trinajstić information content (AvgIpc) is 2.91. The van der Waals surface area contributed by atoms with E-state index in [1.165, 1.54) is 46.8 Å². The van der Waals surface area contributed by atoms with Gasteiger partial charge in [-0.15, -0.1) is 11.3 Å². The summed E-state index contributed by atoms with van der Waals surface area (Å²) in [5.74, 6) is 0. The van der Waals surface area contributed by atoms with Crippen LogP contribution in [0.5, 0.6) is 0 Å². The van der Waals surface area contributed by atoms with Gasteiger partial charge in [-0.25, -0.2) is 9.57 Å². The van der Waals surface area contributed by atoms with Crippen LogP contribution >= 0.6 is 23.1 Å². The summed E-state index contributed by atoms with van der Waals surface area (Å²) in [4.78, 5) is 8.43. The molecule has 0 unspecified atom stereocenters. The summed E-state index contributed by atoms with van der Waals surface area (Å²) in [5, 5.41) is 11.0. The molecule has 3 aromatic rings. The van der Waals surface area contributed by atoms with Crippen LogP contribution in [0.2, 0.25) is 0 Å². The Morgan fingerprint density at radius 3 is 2.32 bits per heavy atom. The second kappa shape index (κ2) is 11.6. The van der Waals surface area contributed by atoms with Gasteiger partial charge in [-0.1, -0.05) is 42.6 Å². The van der Waals surface area contributed by atoms with Crippen LogP contribution in [0, 0.1) is 0 Å². The molecule has 192 valence electrons. The molecule has 0 amide bonds. The summed E-state index contributed by atoms with van der Waals surface area (Å²) in [6.45, 7) is 5.77. The molecular formula is C32H33N4S2+. The van der Waals surface area contributed by atoms with Crippen LogP contribution in [0.25, 0.3) is 27.1 Å². The third kappa shape index (κ3) is 5.89. The van der Waals surface area contributed by atoms with Crippen molar-refractivity contribution in [2.45, 2.75) is 22.9 Å². The highest BCUT2D eigenvalue weighted by Crippen LogP contribution is 2.37. The SMILES string of the molecule is C=c1ccc2c(c1)Sc1cc(CNC)ccc1N=2.CNCc1ccc2cc3ccc(=[N+](C)C)cc-3sc2c1. The van der Waals surface area contributed by atoms with Crippen molar-refractivity contribution >= 4 is 45.5 Å². The van der Waals surface area contributed by atoms with Crippen molar-refractivity contribution in [2.24, 2.45) is 4.99 Å². The smallest absolute Gasteiger partial charge is 0.200 e. The zero-order chi connectivity index (χ0) is 26.6. The first-order valence-corrected chi connectivity index (χ1v) is 14.3. The number of hydrogen-bond donors (Lipinski definition) is 2. The molecule has 0 radical (unpaired) electrons. The first-order chi connectivity index (χ1) is 18.4. The quantitative estimate of drug-likeness (QED) is 0.246. The number of nitrogens with one attached hydrogen (secondary N) is 2. The van der Waals surface area contributed by atoms with Gasteiger partial charge in [0.15, 0.2) is 0 Å². The highest BCUT2D eigenvalue weighted by Gasteiger charge is 2.12. The van der Waals surface area contributed by atoms with E-state index in [1.807, 2.05) is 37.6 Å². The molecule has 6 rings (SSSR count). The van der Waals surface area contributed by atoms with E-state index in [-0.39, 0.29) is 0 Å². The molecule has 3 aromatic carbocycles. The summed E-state index contributed by atoms with van der Waals surface area (Å²) < 4.78 is 3.49. The molecule has 0 bridgehead atoms. The van der Waals surface area contributed by atoms with Gasteiger partial charge in [0.2, 0.25) is 5.36 Å². The van der Waals surface area contributed by atoms with Crippen molar-refractivity contribution in [3.05, 3.63) is 106 Å². The van der Waals surface area contributed by atoms with Crippen molar-refractivity contribution in [2.75, 3.05) is 28.2 Å². The molecule has 4 nitrogen and oxygen atoms in total. The fraction of sp³-hybridized carbons (Fsp3) is 0.188. The van der Waals surface area contributed by atoms with Crippen LogP contribution in [0.15, 0.2) is 93.6 Å². The number of benzene rings is 4. The van der Waals surface area contributed by atoms with Crippen LogP contribution in [-0.4, -0.2) is 28.2 Å². The Bertz CT molecular complexity index is 1770. The van der Waals surface area contributed by atoms with Gasteiger partial charge in [-0.05, 0) is 83.9 Å². The van der Waals surface area contributed by atoms with Crippen molar-refractivity contribution in [3.8, 4) is 10.4 Å². The fourth-order valence-electron chi connectivity index (χ4n) is 4.42. The van der Waals surface area contributed by atoms with Gasteiger partial charge in [0, 0.05) is 44.6 Å². The third-order valence-corrected chi connectivity index (χ3v) is 8.63. The topological polar surface area (TPSA) is 39.4 Å². The molecule has 0 atom stereocenters. The lowest BCUT2D eigenvalue weighted by atomic mass is 10.1. The minimum absolute atomic E-state index is 0.885. The van der Waals surface area contributed by atoms with Crippen molar-refractivity contribution in [1.29, 1.82) is 0 Å². The van der Waals surface area contributed by atoms with E-state index in [0.717, 1.165) is 29.4 Å². The summed E-state index contributed by atoms with van der Waals surface area (Å²) in [7, 11) is 8.11. The third-order valence-electron chi connectivity index (χ3n) is 6.39. The zero-order valence-corrected chi connectivity index (χ0v) is 24.0. The Morgan fingerprint density at radius 1 is 0.789 bits per heavy atom.